The third-order valence-corrected chi connectivity index (χ3v) is 4.98. The average molecular weight is 393 g/mol. The maximum atomic E-state index is 10.9. The van der Waals surface area contributed by atoms with Crippen LogP contribution < -0.4 is 0 Å². The van der Waals surface area contributed by atoms with E-state index in [0.29, 0.717) is 22.0 Å². The summed E-state index contributed by atoms with van der Waals surface area (Å²) in [5, 5.41) is 22.3. The van der Waals surface area contributed by atoms with Crippen molar-refractivity contribution in [2.45, 2.75) is 0 Å². The molecule has 0 amide bonds. The minimum absolute atomic E-state index is 0.00658. The van der Waals surface area contributed by atoms with E-state index in [9.17, 15) is 20.2 Å². The Balaban J connectivity index is 1.54. The van der Waals surface area contributed by atoms with Crippen LogP contribution in [0.4, 0.5) is 11.4 Å². The lowest BCUT2D eigenvalue weighted by Crippen LogP contribution is -1.86. The van der Waals surface area contributed by atoms with Crippen molar-refractivity contribution in [3.8, 4) is 11.3 Å². The van der Waals surface area contributed by atoms with Gasteiger partial charge in [-0.05, 0) is 42.5 Å². The van der Waals surface area contributed by atoms with E-state index in [2.05, 4.69) is 4.98 Å². The van der Waals surface area contributed by atoms with Crippen LogP contribution in [0.5, 0.6) is 0 Å². The molecule has 2 aromatic carbocycles. The Morgan fingerprint density at radius 3 is 2.32 bits per heavy atom. The molecular formula is C19H11N3O5S. The molecule has 0 N–H and O–H groups in total. The molecule has 2 aromatic heterocycles. The summed E-state index contributed by atoms with van der Waals surface area (Å²) in [4.78, 5) is 25.1. The number of thiazole rings is 1. The summed E-state index contributed by atoms with van der Waals surface area (Å²) in [7, 11) is 0. The first kappa shape index (κ1) is 17.6. The molecule has 0 atom stereocenters. The number of nitrogens with zero attached hydrogens (tertiary/aromatic N) is 3. The maximum absolute atomic E-state index is 10.9. The molecule has 0 spiro atoms. The van der Waals surface area contributed by atoms with E-state index in [4.69, 9.17) is 4.42 Å². The van der Waals surface area contributed by atoms with Crippen LogP contribution in [0.15, 0.2) is 59.0 Å². The Morgan fingerprint density at radius 2 is 1.61 bits per heavy atom. The first-order valence-electron chi connectivity index (χ1n) is 8.07. The lowest BCUT2D eigenvalue weighted by molar-refractivity contribution is -0.385. The average Bonchev–Trinajstić information content (AvgIpc) is 3.32. The van der Waals surface area contributed by atoms with E-state index in [1.54, 1.807) is 42.5 Å². The molecule has 0 unspecified atom stereocenters. The van der Waals surface area contributed by atoms with Gasteiger partial charge >= 0.3 is 0 Å². The zero-order valence-electron chi connectivity index (χ0n) is 14.1. The highest BCUT2D eigenvalue weighted by Gasteiger charge is 2.10. The molecule has 0 bridgehead atoms. The maximum Gasteiger partial charge on any atom is 0.271 e. The van der Waals surface area contributed by atoms with Gasteiger partial charge in [0.05, 0.1) is 20.1 Å². The number of hydrogen-bond acceptors (Lipinski definition) is 7. The number of aromatic nitrogens is 1. The summed E-state index contributed by atoms with van der Waals surface area (Å²) in [6.45, 7) is 0. The van der Waals surface area contributed by atoms with E-state index in [0.717, 1.165) is 10.3 Å². The van der Waals surface area contributed by atoms with Crippen LogP contribution in [0.3, 0.4) is 0 Å². The van der Waals surface area contributed by atoms with Crippen molar-refractivity contribution in [3.63, 3.8) is 0 Å². The largest absolute Gasteiger partial charge is 0.457 e. The van der Waals surface area contributed by atoms with Gasteiger partial charge in [-0.1, -0.05) is 0 Å². The van der Waals surface area contributed by atoms with Crippen molar-refractivity contribution in [2.75, 3.05) is 0 Å². The Hall–Kier alpha value is -3.85. The highest BCUT2D eigenvalue weighted by molar-refractivity contribution is 7.19. The summed E-state index contributed by atoms with van der Waals surface area (Å²) < 4.78 is 6.60. The number of benzene rings is 2. The van der Waals surface area contributed by atoms with Gasteiger partial charge in [0.1, 0.15) is 16.5 Å². The molecule has 0 radical (unpaired) electrons. The minimum Gasteiger partial charge on any atom is -0.457 e. The first-order valence-corrected chi connectivity index (χ1v) is 8.89. The lowest BCUT2D eigenvalue weighted by Gasteiger charge is -1.96. The summed E-state index contributed by atoms with van der Waals surface area (Å²) in [6, 6.07) is 14.3. The smallest absolute Gasteiger partial charge is 0.271 e. The van der Waals surface area contributed by atoms with Crippen molar-refractivity contribution in [1.82, 2.24) is 4.98 Å². The van der Waals surface area contributed by atoms with Crippen LogP contribution in [0.1, 0.15) is 10.8 Å². The molecule has 0 fully saturated rings. The molecule has 0 saturated heterocycles. The van der Waals surface area contributed by atoms with Crippen LogP contribution in [-0.4, -0.2) is 14.8 Å². The van der Waals surface area contributed by atoms with Crippen LogP contribution in [0.25, 0.3) is 33.7 Å². The number of furan rings is 1. The highest BCUT2D eigenvalue weighted by Crippen LogP contribution is 2.28. The zero-order valence-corrected chi connectivity index (χ0v) is 15.0. The number of non-ortho nitro benzene ring substituents is 2. The Morgan fingerprint density at radius 1 is 0.893 bits per heavy atom. The predicted octanol–water partition coefficient (Wildman–Crippen LogP) is 5.54. The quantitative estimate of drug-likeness (QED) is 0.325. The van der Waals surface area contributed by atoms with E-state index in [1.165, 1.54) is 35.6 Å². The summed E-state index contributed by atoms with van der Waals surface area (Å²) in [5.74, 6) is 1.19. The van der Waals surface area contributed by atoms with E-state index >= 15 is 0 Å². The molecule has 0 saturated carbocycles. The summed E-state index contributed by atoms with van der Waals surface area (Å²) in [6.07, 6.45) is 3.52. The van der Waals surface area contributed by atoms with Gasteiger partial charge < -0.3 is 4.42 Å². The van der Waals surface area contributed by atoms with Gasteiger partial charge in [0, 0.05) is 29.8 Å². The van der Waals surface area contributed by atoms with Crippen molar-refractivity contribution in [1.29, 1.82) is 0 Å². The zero-order chi connectivity index (χ0) is 19.7. The molecule has 4 rings (SSSR count). The van der Waals surface area contributed by atoms with Gasteiger partial charge in [-0.15, -0.1) is 11.3 Å². The van der Waals surface area contributed by atoms with Crippen LogP contribution in [-0.2, 0) is 0 Å². The highest BCUT2D eigenvalue weighted by atomic mass is 32.1. The number of nitro benzene ring substituents is 2. The second-order valence-electron chi connectivity index (χ2n) is 5.80. The SMILES string of the molecule is O=[N+]([O-])c1ccc(-c2ccc(/C=C/c3nc4cc([N+](=O)[O-])ccc4s3)o2)cc1. The Labute approximate surface area is 161 Å². The molecule has 0 aliphatic rings. The molecule has 8 nitrogen and oxygen atoms in total. The van der Waals surface area contributed by atoms with Gasteiger partial charge in [0.15, 0.2) is 0 Å². The van der Waals surface area contributed by atoms with Crippen LogP contribution in [0.2, 0.25) is 0 Å². The molecule has 0 aliphatic carbocycles. The normalized spacial score (nSPS) is 11.3. The molecule has 0 aliphatic heterocycles. The van der Waals surface area contributed by atoms with E-state index in [1.807, 2.05) is 0 Å². The molecule has 4 aromatic rings. The van der Waals surface area contributed by atoms with E-state index in [-0.39, 0.29) is 11.4 Å². The number of nitro groups is 2. The second-order valence-corrected chi connectivity index (χ2v) is 6.86. The van der Waals surface area contributed by atoms with Crippen LogP contribution in [0, 0.1) is 20.2 Å². The summed E-state index contributed by atoms with van der Waals surface area (Å²) in [5.41, 5.74) is 1.33. The molecule has 9 heteroatoms. The fourth-order valence-corrected chi connectivity index (χ4v) is 3.47. The minimum atomic E-state index is -0.452. The first-order chi connectivity index (χ1) is 13.5. The Bertz CT molecular complexity index is 1220. The topological polar surface area (TPSA) is 112 Å². The van der Waals surface area contributed by atoms with Crippen molar-refractivity contribution in [2.24, 2.45) is 0 Å². The number of rotatable bonds is 5. The fraction of sp³-hybridized carbons (Fsp3) is 0. The van der Waals surface area contributed by atoms with Gasteiger partial charge in [0.25, 0.3) is 11.4 Å². The molecule has 2 heterocycles. The number of fused-ring (bicyclic) bond motifs is 1. The Kier molecular flexibility index (Phi) is 4.42. The molecule has 28 heavy (non-hydrogen) atoms. The monoisotopic (exact) mass is 393 g/mol. The van der Waals surface area contributed by atoms with Crippen molar-refractivity contribution >= 4 is 45.1 Å². The second kappa shape index (κ2) is 7.05. The van der Waals surface area contributed by atoms with Crippen molar-refractivity contribution in [3.05, 3.63) is 85.6 Å². The standard InChI is InChI=1S/C19H11N3O5S/c23-21(24)13-3-1-12(2-4-13)17-8-6-15(27-17)7-10-19-20-16-11-14(22(25)26)5-9-18(16)28-19/h1-11H/b10-7+. The van der Waals surface area contributed by atoms with Gasteiger partial charge in [0.2, 0.25) is 0 Å². The third-order valence-electron chi connectivity index (χ3n) is 3.98. The lowest BCUT2D eigenvalue weighted by atomic mass is 10.1. The van der Waals surface area contributed by atoms with Crippen LogP contribution >= 0.6 is 11.3 Å². The predicted molar refractivity (Wildman–Crippen MR) is 106 cm³/mol. The number of hydrogen-bond donors (Lipinski definition) is 0. The molecular weight excluding hydrogens is 382 g/mol. The van der Waals surface area contributed by atoms with Gasteiger partial charge in [-0.2, -0.15) is 0 Å². The summed E-state index contributed by atoms with van der Waals surface area (Å²) >= 11 is 1.42. The van der Waals surface area contributed by atoms with E-state index < -0.39 is 9.85 Å². The molecule has 138 valence electrons. The van der Waals surface area contributed by atoms with Gasteiger partial charge in [-0.3, -0.25) is 20.2 Å². The third kappa shape index (κ3) is 3.51. The van der Waals surface area contributed by atoms with Crippen molar-refractivity contribution < 1.29 is 14.3 Å². The van der Waals surface area contributed by atoms with Gasteiger partial charge in [-0.25, -0.2) is 4.98 Å². The fourth-order valence-electron chi connectivity index (χ4n) is 2.62.